The van der Waals surface area contributed by atoms with Crippen LogP contribution in [-0.4, -0.2) is 10.2 Å². The second-order valence-corrected chi connectivity index (χ2v) is 5.81. The quantitative estimate of drug-likeness (QED) is 0.456. The van der Waals surface area contributed by atoms with Gasteiger partial charge in [0.05, 0.1) is 0 Å². The second kappa shape index (κ2) is 7.03. The van der Waals surface area contributed by atoms with Gasteiger partial charge in [0.15, 0.2) is 5.75 Å². The maximum absolute atomic E-state index is 10.4. The molecule has 0 bridgehead atoms. The first-order valence-corrected chi connectivity index (χ1v) is 7.40. The molecular weight excluding hydrogens is 352 g/mol. The van der Waals surface area contributed by atoms with Gasteiger partial charge in [0, 0.05) is 22.5 Å². The van der Waals surface area contributed by atoms with Gasteiger partial charge in [-0.15, -0.1) is 10.2 Å². The molecule has 3 rings (SSSR count). The predicted molar refractivity (Wildman–Crippen MR) is 92.1 cm³/mol. The SMILES string of the molecule is Cc1cc(C)c(O)c(N=Nc2ccc3ccc(C)cc3c2O)c1.[Cu]. The van der Waals surface area contributed by atoms with E-state index in [0.717, 1.165) is 27.5 Å². The number of aryl methyl sites for hydroxylation is 3. The third-order valence-electron chi connectivity index (χ3n) is 3.82. The topological polar surface area (TPSA) is 65.2 Å². The first-order valence-electron chi connectivity index (χ1n) is 7.40. The minimum absolute atomic E-state index is 0. The number of benzene rings is 3. The van der Waals surface area contributed by atoms with Crippen LogP contribution in [0.1, 0.15) is 16.7 Å². The van der Waals surface area contributed by atoms with Crippen LogP contribution in [0.2, 0.25) is 0 Å². The Morgan fingerprint density at radius 1 is 0.708 bits per heavy atom. The van der Waals surface area contributed by atoms with E-state index in [0.29, 0.717) is 11.4 Å². The summed E-state index contributed by atoms with van der Waals surface area (Å²) in [7, 11) is 0. The number of azo groups is 1. The van der Waals surface area contributed by atoms with Gasteiger partial charge < -0.3 is 10.2 Å². The van der Waals surface area contributed by atoms with Gasteiger partial charge in [0.25, 0.3) is 0 Å². The first-order chi connectivity index (χ1) is 11.0. The molecule has 5 heteroatoms. The summed E-state index contributed by atoms with van der Waals surface area (Å²) in [4.78, 5) is 0. The maximum Gasteiger partial charge on any atom is 0.150 e. The number of rotatable bonds is 2. The van der Waals surface area contributed by atoms with Crippen LogP contribution in [0.3, 0.4) is 0 Å². The van der Waals surface area contributed by atoms with E-state index in [2.05, 4.69) is 10.2 Å². The van der Waals surface area contributed by atoms with Gasteiger partial charge in [0.2, 0.25) is 0 Å². The Bertz CT molecular complexity index is 936. The molecule has 0 atom stereocenters. The van der Waals surface area contributed by atoms with Crippen LogP contribution in [0, 0.1) is 20.8 Å². The second-order valence-electron chi connectivity index (χ2n) is 5.81. The van der Waals surface area contributed by atoms with Crippen molar-refractivity contribution >= 4 is 22.1 Å². The van der Waals surface area contributed by atoms with Gasteiger partial charge in [-0.2, -0.15) is 0 Å². The van der Waals surface area contributed by atoms with Crippen molar-refractivity contribution in [2.24, 2.45) is 10.2 Å². The van der Waals surface area contributed by atoms with Gasteiger partial charge >= 0.3 is 0 Å². The summed E-state index contributed by atoms with van der Waals surface area (Å²) in [6, 6.07) is 13.1. The van der Waals surface area contributed by atoms with Crippen LogP contribution in [-0.2, 0) is 17.1 Å². The zero-order valence-corrected chi connectivity index (χ0v) is 14.6. The Morgan fingerprint density at radius 2 is 1.38 bits per heavy atom. The molecular formula is C19H18CuN2O2. The number of nitrogens with zero attached hydrogens (tertiary/aromatic N) is 2. The summed E-state index contributed by atoms with van der Waals surface area (Å²) in [6.07, 6.45) is 0. The maximum atomic E-state index is 10.4. The van der Waals surface area contributed by atoms with Crippen molar-refractivity contribution in [1.82, 2.24) is 0 Å². The standard InChI is InChI=1S/C19H18N2O2.Cu/c1-11-4-5-14-6-7-16(19(23)15(14)9-11)20-21-17-10-12(2)8-13(3)18(17)22;/h4-10,22-23H,1-3H3;. The van der Waals surface area contributed by atoms with E-state index in [1.165, 1.54) is 0 Å². The van der Waals surface area contributed by atoms with Gasteiger partial charge in [-0.05, 0) is 55.5 Å². The van der Waals surface area contributed by atoms with Crippen LogP contribution in [0.15, 0.2) is 52.7 Å². The van der Waals surface area contributed by atoms with Gasteiger partial charge in [0.1, 0.15) is 17.1 Å². The van der Waals surface area contributed by atoms with Crippen LogP contribution in [0.25, 0.3) is 10.8 Å². The number of aromatic hydroxyl groups is 2. The summed E-state index contributed by atoms with van der Waals surface area (Å²) in [5.41, 5.74) is 3.58. The third-order valence-corrected chi connectivity index (χ3v) is 3.82. The molecule has 0 aliphatic carbocycles. The van der Waals surface area contributed by atoms with Gasteiger partial charge in [-0.25, -0.2) is 0 Å². The molecule has 127 valence electrons. The summed E-state index contributed by atoms with van der Waals surface area (Å²) in [5, 5.41) is 30.4. The Kier molecular flexibility index (Phi) is 5.27. The largest absolute Gasteiger partial charge is 0.505 e. The molecule has 24 heavy (non-hydrogen) atoms. The zero-order valence-electron chi connectivity index (χ0n) is 13.6. The van der Waals surface area contributed by atoms with E-state index in [-0.39, 0.29) is 28.6 Å². The van der Waals surface area contributed by atoms with E-state index in [4.69, 9.17) is 0 Å². The minimum Gasteiger partial charge on any atom is -0.505 e. The Labute approximate surface area is 151 Å². The van der Waals surface area contributed by atoms with Crippen LogP contribution in [0.4, 0.5) is 11.4 Å². The van der Waals surface area contributed by atoms with Crippen molar-refractivity contribution in [1.29, 1.82) is 0 Å². The smallest absolute Gasteiger partial charge is 0.150 e. The Morgan fingerprint density at radius 3 is 2.12 bits per heavy atom. The zero-order chi connectivity index (χ0) is 16.6. The molecule has 2 N–H and O–H groups in total. The van der Waals surface area contributed by atoms with E-state index in [1.807, 2.05) is 51.1 Å². The monoisotopic (exact) mass is 369 g/mol. The van der Waals surface area contributed by atoms with Crippen LogP contribution in [0.5, 0.6) is 11.5 Å². The predicted octanol–water partition coefficient (Wildman–Crippen LogP) is 5.59. The molecule has 0 spiro atoms. The van der Waals surface area contributed by atoms with E-state index in [1.54, 1.807) is 12.1 Å². The fraction of sp³-hybridized carbons (Fsp3) is 0.158. The van der Waals surface area contributed by atoms with E-state index >= 15 is 0 Å². The molecule has 0 saturated heterocycles. The average molecular weight is 370 g/mol. The summed E-state index contributed by atoms with van der Waals surface area (Å²) in [5.74, 6) is 0.203. The van der Waals surface area contributed by atoms with Gasteiger partial charge in [-0.3, -0.25) is 0 Å². The van der Waals surface area contributed by atoms with Crippen molar-refractivity contribution in [2.45, 2.75) is 20.8 Å². The molecule has 4 nitrogen and oxygen atoms in total. The van der Waals surface area contributed by atoms with Crippen molar-refractivity contribution in [2.75, 3.05) is 0 Å². The molecule has 0 amide bonds. The normalized spacial score (nSPS) is 11.0. The molecule has 3 aromatic carbocycles. The fourth-order valence-electron chi connectivity index (χ4n) is 2.61. The fourth-order valence-corrected chi connectivity index (χ4v) is 2.61. The number of hydrogen-bond acceptors (Lipinski definition) is 4. The Balaban J connectivity index is 0.00000208. The molecule has 0 aliphatic heterocycles. The van der Waals surface area contributed by atoms with E-state index < -0.39 is 0 Å². The molecule has 1 radical (unpaired) electrons. The number of hydrogen-bond donors (Lipinski definition) is 2. The molecule has 0 saturated carbocycles. The minimum atomic E-state index is 0. The van der Waals surface area contributed by atoms with E-state index in [9.17, 15) is 10.2 Å². The summed E-state index contributed by atoms with van der Waals surface area (Å²) in [6.45, 7) is 5.72. The summed E-state index contributed by atoms with van der Waals surface area (Å²) < 4.78 is 0. The van der Waals surface area contributed by atoms with Crippen molar-refractivity contribution in [3.63, 3.8) is 0 Å². The molecule has 0 aromatic heterocycles. The van der Waals surface area contributed by atoms with Crippen LogP contribution < -0.4 is 0 Å². The molecule has 0 unspecified atom stereocenters. The molecule has 0 aliphatic rings. The Hall–Kier alpha value is -2.36. The van der Waals surface area contributed by atoms with Crippen LogP contribution >= 0.6 is 0 Å². The number of phenols is 2. The van der Waals surface area contributed by atoms with Gasteiger partial charge in [-0.1, -0.05) is 29.8 Å². The van der Waals surface area contributed by atoms with Crippen molar-refractivity contribution in [3.8, 4) is 11.5 Å². The average Bonchev–Trinajstić information content (AvgIpc) is 2.51. The first kappa shape index (κ1) is 18.0. The molecule has 0 fully saturated rings. The number of phenolic OH excluding ortho intramolecular Hbond substituents is 2. The molecule has 3 aromatic rings. The van der Waals surface area contributed by atoms with Crippen molar-refractivity contribution in [3.05, 3.63) is 59.2 Å². The van der Waals surface area contributed by atoms with Crippen molar-refractivity contribution < 1.29 is 27.3 Å². The number of fused-ring (bicyclic) bond motifs is 1. The third kappa shape index (κ3) is 3.42. The summed E-state index contributed by atoms with van der Waals surface area (Å²) >= 11 is 0. The molecule has 0 heterocycles.